The number of anilines is 2. The van der Waals surface area contributed by atoms with E-state index in [2.05, 4.69) is 61.1 Å². The van der Waals surface area contributed by atoms with Gasteiger partial charge < -0.3 is 39.1 Å². The number of carbonyl (C=O) groups excluding carboxylic acids is 2. The van der Waals surface area contributed by atoms with Gasteiger partial charge in [-0.2, -0.15) is 0 Å². The fraction of sp³-hybridized carbons (Fsp3) is 0.478. The first-order valence-electron chi connectivity index (χ1n) is 22.8. The van der Waals surface area contributed by atoms with Crippen molar-refractivity contribution in [3.05, 3.63) is 84.0 Å². The van der Waals surface area contributed by atoms with E-state index in [1.807, 2.05) is 13.8 Å². The standard InChI is InChI=1S/2C23H32N6O6S/c2*1-14-11-24-21(25-12-14)15(2)16(3)36(31,32)29-23(28-27-22(30)17-9-10-35-13-17)26-20-18(33-4)7-6-8-19(20)34-5/h2*6-8,11-12,15-17H,9-10,13H2,1-5H3,(H,27,30)(H2,26,28,29)/t15-,16-,17+;15-,16-,17-/m00/s1. The Hall–Kier alpha value is -6.90. The summed E-state index contributed by atoms with van der Waals surface area (Å²) in [6.45, 7) is 11.7. The fourth-order valence-corrected chi connectivity index (χ4v) is 9.20. The van der Waals surface area contributed by atoms with Gasteiger partial charge in [-0.1, -0.05) is 26.0 Å². The van der Waals surface area contributed by atoms with Crippen LogP contribution in [0, 0.1) is 25.7 Å². The van der Waals surface area contributed by atoms with Crippen molar-refractivity contribution in [2.75, 3.05) is 65.5 Å². The minimum absolute atomic E-state index is 0.242. The lowest BCUT2D eigenvalue weighted by Gasteiger charge is -2.20. The number of carbonyl (C=O) groups is 2. The Bertz CT molecular complexity index is 2510. The molecular formula is C46H64N12O12S2. The van der Waals surface area contributed by atoms with Gasteiger partial charge in [-0.05, 0) is 75.9 Å². The minimum atomic E-state index is -4.12. The first-order valence-corrected chi connectivity index (χ1v) is 25.8. The van der Waals surface area contributed by atoms with Crippen LogP contribution in [-0.4, -0.2) is 126 Å². The summed E-state index contributed by atoms with van der Waals surface area (Å²) in [6.07, 6.45) is 7.66. The number of para-hydroxylation sites is 2. The Morgan fingerprint density at radius 2 is 0.889 bits per heavy atom. The number of hydrogen-bond acceptors (Lipinski definition) is 16. The Morgan fingerprint density at radius 1 is 0.569 bits per heavy atom. The monoisotopic (exact) mass is 1040 g/mol. The summed E-state index contributed by atoms with van der Waals surface area (Å²) in [6, 6.07) is 10.1. The Kier molecular flexibility index (Phi) is 20.2. The maximum atomic E-state index is 13.3. The van der Waals surface area contributed by atoms with Crippen molar-refractivity contribution < 1.29 is 54.8 Å². The number of rotatable bonds is 16. The molecular weight excluding hydrogens is 977 g/mol. The van der Waals surface area contributed by atoms with Crippen LogP contribution in [0.3, 0.4) is 0 Å². The van der Waals surface area contributed by atoms with Crippen molar-refractivity contribution >= 4 is 55.2 Å². The number of ether oxygens (including phenoxy) is 6. The van der Waals surface area contributed by atoms with Crippen LogP contribution in [0.5, 0.6) is 23.0 Å². The molecule has 0 aliphatic carbocycles. The van der Waals surface area contributed by atoms with Crippen LogP contribution in [0.2, 0.25) is 0 Å². The number of methoxy groups -OCH3 is 4. The SMILES string of the molecule is COc1cccc(OC)c1NC(=NS(=O)(=O)[C@@H](C)[C@H](C)c1ncc(C)cn1)NNC(=O)[C@@H]1CCOC1.COc1cccc(OC)c1NC(=NS(=O)(=O)[C@@H](C)[C@H](C)c1ncc(C)cn1)NNC(=O)[C@H]1CCOC1. The van der Waals surface area contributed by atoms with Crippen LogP contribution in [0.25, 0.3) is 0 Å². The summed E-state index contributed by atoms with van der Waals surface area (Å²) in [5.41, 5.74) is 12.6. The van der Waals surface area contributed by atoms with E-state index < -0.39 is 42.4 Å². The molecule has 72 heavy (non-hydrogen) atoms. The Labute approximate surface area is 420 Å². The molecule has 24 nitrogen and oxygen atoms in total. The first kappa shape index (κ1) is 56.0. The van der Waals surface area contributed by atoms with Gasteiger partial charge in [0.25, 0.3) is 20.0 Å². The Balaban J connectivity index is 0.000000267. The molecule has 6 N–H and O–H groups in total. The molecule has 2 aliphatic heterocycles. The zero-order chi connectivity index (χ0) is 52.6. The normalized spacial score (nSPS) is 17.7. The number of hydrazine groups is 2. The molecule has 2 saturated heterocycles. The van der Waals surface area contributed by atoms with Gasteiger partial charge in [0.15, 0.2) is 0 Å². The highest BCUT2D eigenvalue weighted by Crippen LogP contribution is 2.35. The van der Waals surface area contributed by atoms with Gasteiger partial charge >= 0.3 is 0 Å². The number of amides is 2. The van der Waals surface area contributed by atoms with Gasteiger partial charge in [-0.3, -0.25) is 31.3 Å². The van der Waals surface area contributed by atoms with Crippen molar-refractivity contribution in [2.24, 2.45) is 20.6 Å². The average molecular weight is 1040 g/mol. The predicted molar refractivity (Wildman–Crippen MR) is 269 cm³/mol. The number of nitrogens with zero attached hydrogens (tertiary/aromatic N) is 6. The second kappa shape index (κ2) is 26.0. The smallest absolute Gasteiger partial charge is 0.259 e. The maximum absolute atomic E-state index is 13.3. The van der Waals surface area contributed by atoms with Crippen LogP contribution in [0.1, 0.15) is 75.1 Å². The van der Waals surface area contributed by atoms with Gasteiger partial charge in [-0.25, -0.2) is 36.8 Å². The van der Waals surface area contributed by atoms with Crippen LogP contribution in [-0.2, 0) is 39.1 Å². The lowest BCUT2D eigenvalue weighted by atomic mass is 10.1. The number of sulfonamides is 2. The van der Waals surface area contributed by atoms with E-state index in [9.17, 15) is 26.4 Å². The van der Waals surface area contributed by atoms with E-state index in [0.29, 0.717) is 72.1 Å². The average Bonchev–Trinajstić information content (AvgIpc) is 4.14. The molecule has 0 saturated carbocycles. The summed E-state index contributed by atoms with van der Waals surface area (Å²) >= 11 is 0. The second-order valence-corrected chi connectivity index (χ2v) is 20.7. The molecule has 0 radical (unpaired) electrons. The second-order valence-electron chi connectivity index (χ2n) is 16.8. The van der Waals surface area contributed by atoms with Crippen molar-refractivity contribution in [2.45, 2.75) is 76.7 Å². The van der Waals surface area contributed by atoms with Crippen molar-refractivity contribution in [3.63, 3.8) is 0 Å². The fourth-order valence-electron chi connectivity index (χ4n) is 6.90. The maximum Gasteiger partial charge on any atom is 0.259 e. The largest absolute Gasteiger partial charge is 0.494 e. The van der Waals surface area contributed by atoms with Gasteiger partial charge in [0.05, 0.1) is 64.0 Å². The van der Waals surface area contributed by atoms with Gasteiger partial charge in [0.1, 0.15) is 46.0 Å². The third-order valence-corrected chi connectivity index (χ3v) is 15.3. The quantitative estimate of drug-likeness (QED) is 0.0531. The summed E-state index contributed by atoms with van der Waals surface area (Å²) in [4.78, 5) is 42.0. The van der Waals surface area contributed by atoms with Crippen molar-refractivity contribution in [3.8, 4) is 23.0 Å². The molecule has 0 bridgehead atoms. The van der Waals surface area contributed by atoms with E-state index in [4.69, 9.17) is 28.4 Å². The van der Waals surface area contributed by atoms with E-state index in [1.54, 1.807) is 75.0 Å². The van der Waals surface area contributed by atoms with Gasteiger partial charge in [-0.15, -0.1) is 8.80 Å². The highest BCUT2D eigenvalue weighted by molar-refractivity contribution is 7.91. The molecule has 2 aromatic heterocycles. The molecule has 6 rings (SSSR count). The molecule has 2 aliphatic rings. The molecule has 2 aromatic carbocycles. The van der Waals surface area contributed by atoms with E-state index in [0.717, 1.165) is 11.1 Å². The summed E-state index contributed by atoms with van der Waals surface area (Å²) in [7, 11) is -2.37. The highest BCUT2D eigenvalue weighted by atomic mass is 32.2. The molecule has 26 heteroatoms. The first-order chi connectivity index (χ1) is 34.3. The van der Waals surface area contributed by atoms with Crippen LogP contribution in [0.15, 0.2) is 70.0 Å². The number of hydrogen-bond donors (Lipinski definition) is 6. The van der Waals surface area contributed by atoms with Crippen LogP contribution >= 0.6 is 0 Å². The molecule has 4 aromatic rings. The van der Waals surface area contributed by atoms with E-state index in [1.165, 1.54) is 42.3 Å². The predicted octanol–water partition coefficient (Wildman–Crippen LogP) is 3.50. The lowest BCUT2D eigenvalue weighted by molar-refractivity contribution is -0.126. The summed E-state index contributed by atoms with van der Waals surface area (Å²) in [5, 5.41) is 3.84. The Morgan fingerprint density at radius 3 is 1.17 bits per heavy atom. The zero-order valence-electron chi connectivity index (χ0n) is 41.9. The van der Waals surface area contributed by atoms with Gasteiger partial charge in [0.2, 0.25) is 23.7 Å². The molecule has 2 fully saturated rings. The topological polar surface area (TPSA) is 306 Å². The van der Waals surface area contributed by atoms with Crippen LogP contribution < -0.4 is 51.3 Å². The van der Waals surface area contributed by atoms with Crippen LogP contribution in [0.4, 0.5) is 11.4 Å². The molecule has 6 atom stereocenters. The number of guanidine groups is 2. The molecule has 0 spiro atoms. The van der Waals surface area contributed by atoms with Crippen molar-refractivity contribution in [1.82, 2.24) is 41.6 Å². The summed E-state index contributed by atoms with van der Waals surface area (Å²) < 4.78 is 93.2. The molecule has 2 amide bonds. The minimum Gasteiger partial charge on any atom is -0.494 e. The van der Waals surface area contributed by atoms with E-state index >= 15 is 0 Å². The van der Waals surface area contributed by atoms with Crippen molar-refractivity contribution in [1.29, 1.82) is 0 Å². The molecule has 0 unspecified atom stereocenters. The number of aromatic nitrogens is 4. The summed E-state index contributed by atoms with van der Waals surface area (Å²) in [5.74, 6) is -0.689. The number of aryl methyl sites for hydroxylation is 2. The molecule has 392 valence electrons. The number of nitrogens with one attached hydrogen (secondary N) is 6. The number of benzene rings is 2. The third kappa shape index (κ3) is 15.1. The zero-order valence-corrected chi connectivity index (χ0v) is 43.5. The van der Waals surface area contributed by atoms with E-state index in [-0.39, 0.29) is 48.8 Å². The third-order valence-electron chi connectivity index (χ3n) is 11.8. The lowest BCUT2D eigenvalue weighted by Crippen LogP contribution is -2.48. The van der Waals surface area contributed by atoms with Gasteiger partial charge in [0, 0.05) is 49.8 Å². The molecule has 4 heterocycles. The highest BCUT2D eigenvalue weighted by Gasteiger charge is 2.33.